The minimum Gasteiger partial charge on any atom is -0.492 e. The molecule has 36 heavy (non-hydrogen) atoms. The van der Waals surface area contributed by atoms with E-state index in [1.165, 1.54) is 29.5 Å². The number of rotatable bonds is 9. The lowest BCUT2D eigenvalue weighted by Gasteiger charge is -2.18. The summed E-state index contributed by atoms with van der Waals surface area (Å²) in [5, 5.41) is 0. The van der Waals surface area contributed by atoms with Crippen molar-refractivity contribution in [3.8, 4) is 5.75 Å². The van der Waals surface area contributed by atoms with Crippen LogP contribution in [-0.4, -0.2) is 28.6 Å². The summed E-state index contributed by atoms with van der Waals surface area (Å²) in [4.78, 5) is 20.0. The van der Waals surface area contributed by atoms with Gasteiger partial charge < -0.3 is 14.2 Å². The molecule has 1 aliphatic rings. The van der Waals surface area contributed by atoms with E-state index in [1.54, 1.807) is 0 Å². The second-order valence-corrected chi connectivity index (χ2v) is 9.96. The average molecular weight is 482 g/mol. The van der Waals surface area contributed by atoms with E-state index in [0.29, 0.717) is 26.1 Å². The predicted octanol–water partition coefficient (Wildman–Crippen LogP) is 6.60. The topological polar surface area (TPSA) is 47.4 Å². The van der Waals surface area contributed by atoms with Gasteiger partial charge in [-0.05, 0) is 79.8 Å². The first-order valence-electron chi connectivity index (χ1n) is 13.1. The van der Waals surface area contributed by atoms with Crippen molar-refractivity contribution in [1.29, 1.82) is 0 Å². The van der Waals surface area contributed by atoms with E-state index < -0.39 is 0 Å². The van der Waals surface area contributed by atoms with Gasteiger partial charge in [-0.2, -0.15) is 0 Å². The molecular formula is C31H35N3O2. The SMILES string of the molecule is CCCCc1ccc(N2CC(c3nc4ccccc4n3CCOc3cc(C)cc(C)c3)CC2=O)cc1. The predicted molar refractivity (Wildman–Crippen MR) is 146 cm³/mol. The number of aromatic nitrogens is 2. The number of carbonyl (C=O) groups excluding carboxylic acids is 1. The maximum Gasteiger partial charge on any atom is 0.227 e. The molecule has 0 bridgehead atoms. The van der Waals surface area contributed by atoms with E-state index in [2.05, 4.69) is 73.9 Å². The molecule has 1 amide bonds. The third-order valence-electron chi connectivity index (χ3n) is 7.02. The highest BCUT2D eigenvalue weighted by Gasteiger charge is 2.34. The van der Waals surface area contributed by atoms with Crippen LogP contribution in [-0.2, 0) is 17.8 Å². The Hall–Kier alpha value is -3.60. The number of nitrogens with zero attached hydrogens (tertiary/aromatic N) is 3. The van der Waals surface area contributed by atoms with Crippen molar-refractivity contribution in [2.24, 2.45) is 0 Å². The lowest BCUT2D eigenvalue weighted by atomic mass is 10.1. The number of fused-ring (bicyclic) bond motifs is 1. The fourth-order valence-electron chi connectivity index (χ4n) is 5.27. The summed E-state index contributed by atoms with van der Waals surface area (Å²) in [5.41, 5.74) is 6.74. The Morgan fingerprint density at radius 3 is 2.50 bits per heavy atom. The van der Waals surface area contributed by atoms with Gasteiger partial charge in [-0.25, -0.2) is 4.98 Å². The minimum atomic E-state index is 0.0471. The molecule has 186 valence electrons. The molecule has 3 aromatic carbocycles. The summed E-state index contributed by atoms with van der Waals surface area (Å²) in [6.45, 7) is 8.25. The Bertz CT molecular complexity index is 1340. The second-order valence-electron chi connectivity index (χ2n) is 9.96. The van der Waals surface area contributed by atoms with Crippen molar-refractivity contribution >= 4 is 22.6 Å². The zero-order chi connectivity index (χ0) is 25.1. The van der Waals surface area contributed by atoms with Crippen LogP contribution < -0.4 is 9.64 Å². The number of carbonyl (C=O) groups is 1. The van der Waals surface area contributed by atoms with Crippen molar-refractivity contribution < 1.29 is 9.53 Å². The van der Waals surface area contributed by atoms with Crippen molar-refractivity contribution in [1.82, 2.24) is 9.55 Å². The number of imidazole rings is 1. The molecule has 0 spiro atoms. The highest BCUT2D eigenvalue weighted by Crippen LogP contribution is 2.33. The Morgan fingerprint density at radius 2 is 1.75 bits per heavy atom. The highest BCUT2D eigenvalue weighted by atomic mass is 16.5. The van der Waals surface area contributed by atoms with Gasteiger partial charge in [-0.1, -0.05) is 43.7 Å². The fourth-order valence-corrected chi connectivity index (χ4v) is 5.27. The van der Waals surface area contributed by atoms with Crippen LogP contribution in [0, 0.1) is 13.8 Å². The largest absolute Gasteiger partial charge is 0.492 e. The third-order valence-corrected chi connectivity index (χ3v) is 7.02. The molecule has 1 fully saturated rings. The van der Waals surface area contributed by atoms with Crippen LogP contribution >= 0.6 is 0 Å². The quantitative estimate of drug-likeness (QED) is 0.271. The Morgan fingerprint density at radius 1 is 1.00 bits per heavy atom. The van der Waals surface area contributed by atoms with Gasteiger partial charge in [0.05, 0.1) is 17.6 Å². The number of amides is 1. The van der Waals surface area contributed by atoms with Crippen LogP contribution in [0.5, 0.6) is 5.75 Å². The highest BCUT2D eigenvalue weighted by molar-refractivity contribution is 5.96. The number of anilines is 1. The monoisotopic (exact) mass is 481 g/mol. The summed E-state index contributed by atoms with van der Waals surface area (Å²) >= 11 is 0. The van der Waals surface area contributed by atoms with Crippen LogP contribution in [0.2, 0.25) is 0 Å². The zero-order valence-corrected chi connectivity index (χ0v) is 21.5. The Balaban J connectivity index is 1.35. The van der Waals surface area contributed by atoms with E-state index in [4.69, 9.17) is 9.72 Å². The van der Waals surface area contributed by atoms with Crippen LogP contribution in [0.15, 0.2) is 66.7 Å². The van der Waals surface area contributed by atoms with Crippen LogP contribution in [0.25, 0.3) is 11.0 Å². The molecule has 0 saturated carbocycles. The van der Waals surface area contributed by atoms with E-state index in [9.17, 15) is 4.79 Å². The number of ether oxygens (including phenoxy) is 1. The molecule has 5 nitrogen and oxygen atoms in total. The molecule has 0 N–H and O–H groups in total. The summed E-state index contributed by atoms with van der Waals surface area (Å²) in [5.74, 6) is 2.07. The molecule has 4 aromatic rings. The van der Waals surface area contributed by atoms with Crippen LogP contribution in [0.4, 0.5) is 5.69 Å². The lowest BCUT2D eigenvalue weighted by molar-refractivity contribution is -0.117. The molecule has 0 aliphatic carbocycles. The lowest BCUT2D eigenvalue weighted by Crippen LogP contribution is -2.24. The van der Waals surface area contributed by atoms with Crippen molar-refractivity contribution in [2.75, 3.05) is 18.1 Å². The molecule has 0 radical (unpaired) electrons. The number of benzene rings is 3. The van der Waals surface area contributed by atoms with Crippen LogP contribution in [0.3, 0.4) is 0 Å². The van der Waals surface area contributed by atoms with Crippen molar-refractivity contribution in [3.63, 3.8) is 0 Å². The number of hydrogen-bond acceptors (Lipinski definition) is 3. The van der Waals surface area contributed by atoms with Crippen LogP contribution in [0.1, 0.15) is 54.6 Å². The van der Waals surface area contributed by atoms with Gasteiger partial charge in [0.15, 0.2) is 0 Å². The van der Waals surface area contributed by atoms with Gasteiger partial charge in [-0.3, -0.25) is 4.79 Å². The van der Waals surface area contributed by atoms with E-state index in [1.807, 2.05) is 23.1 Å². The first-order chi connectivity index (χ1) is 17.5. The Kier molecular flexibility index (Phi) is 7.08. The molecule has 5 heteroatoms. The molecule has 1 atom stereocenters. The maximum absolute atomic E-state index is 13.1. The summed E-state index contributed by atoms with van der Waals surface area (Å²) in [7, 11) is 0. The first-order valence-corrected chi connectivity index (χ1v) is 13.1. The van der Waals surface area contributed by atoms with Crippen molar-refractivity contribution in [2.45, 2.75) is 58.9 Å². The van der Waals surface area contributed by atoms with Crippen molar-refractivity contribution in [3.05, 3.63) is 89.2 Å². The standard InChI is InChI=1S/C31H35N3O2/c1-4-5-8-24-11-13-26(14-12-24)34-21-25(20-30(34)35)31-32-28-9-6-7-10-29(28)33(31)15-16-36-27-18-22(2)17-23(3)19-27/h6-7,9-14,17-19,25H,4-5,8,15-16,20-21H2,1-3H3. The van der Waals surface area contributed by atoms with Gasteiger partial charge in [0.25, 0.3) is 0 Å². The van der Waals surface area contributed by atoms with E-state index >= 15 is 0 Å². The summed E-state index contributed by atoms with van der Waals surface area (Å²) in [6.07, 6.45) is 3.93. The molecule has 1 aromatic heterocycles. The van der Waals surface area contributed by atoms with Gasteiger partial charge >= 0.3 is 0 Å². The average Bonchev–Trinajstić information content (AvgIpc) is 3.43. The van der Waals surface area contributed by atoms with E-state index in [-0.39, 0.29) is 11.8 Å². The molecular weight excluding hydrogens is 446 g/mol. The first kappa shape index (κ1) is 24.1. The fraction of sp³-hybridized carbons (Fsp3) is 0.355. The number of para-hydroxylation sites is 2. The van der Waals surface area contributed by atoms with E-state index in [0.717, 1.165) is 34.7 Å². The molecule has 2 heterocycles. The van der Waals surface area contributed by atoms with Gasteiger partial charge in [0.2, 0.25) is 5.91 Å². The summed E-state index contributed by atoms with van der Waals surface area (Å²) < 4.78 is 8.38. The smallest absolute Gasteiger partial charge is 0.227 e. The third kappa shape index (κ3) is 5.15. The number of unbranched alkanes of at least 4 members (excludes halogenated alkanes) is 1. The summed E-state index contributed by atoms with van der Waals surface area (Å²) in [6, 6.07) is 23.0. The minimum absolute atomic E-state index is 0.0471. The molecule has 1 saturated heterocycles. The van der Waals surface area contributed by atoms with Gasteiger partial charge in [0.1, 0.15) is 18.2 Å². The van der Waals surface area contributed by atoms with Gasteiger partial charge in [-0.15, -0.1) is 0 Å². The molecule has 1 aliphatic heterocycles. The van der Waals surface area contributed by atoms with Gasteiger partial charge in [0, 0.05) is 24.6 Å². The Labute approximate surface area is 213 Å². The zero-order valence-electron chi connectivity index (χ0n) is 21.5. The number of aryl methyl sites for hydroxylation is 3. The molecule has 5 rings (SSSR count). The normalized spacial score (nSPS) is 15.7. The second kappa shape index (κ2) is 10.6. The maximum atomic E-state index is 13.1. The molecule has 1 unspecified atom stereocenters. The number of hydrogen-bond donors (Lipinski definition) is 0.